The summed E-state index contributed by atoms with van der Waals surface area (Å²) in [7, 11) is 0. The van der Waals surface area contributed by atoms with Crippen molar-refractivity contribution in [3.8, 4) is 0 Å². The minimum atomic E-state index is -1.24. The first-order chi connectivity index (χ1) is 31.7. The predicted octanol–water partition coefficient (Wildman–Crippen LogP) is 2.52. The van der Waals surface area contributed by atoms with Gasteiger partial charge in [0, 0.05) is 75.3 Å². The van der Waals surface area contributed by atoms with Gasteiger partial charge in [-0.05, 0) is 75.0 Å². The van der Waals surface area contributed by atoms with Crippen LogP contribution in [0.4, 0.5) is 0 Å². The Bertz CT molecular complexity index is 1480. The highest BCUT2D eigenvalue weighted by Gasteiger charge is 2.27. The number of aliphatic carboxylic acids is 2. The smallest absolute Gasteiger partial charge is 0.305 e. The predicted molar refractivity (Wildman–Crippen MR) is 269 cm³/mol. The molecule has 0 aromatic heterocycles. The van der Waals surface area contributed by atoms with E-state index >= 15 is 0 Å². The summed E-state index contributed by atoms with van der Waals surface area (Å²) in [6.45, 7) is 28.0. The lowest BCUT2D eigenvalue weighted by molar-refractivity contribution is -0.306. The Morgan fingerprint density at radius 3 is 1.12 bits per heavy atom. The van der Waals surface area contributed by atoms with Gasteiger partial charge in [-0.2, -0.15) is 0 Å². The van der Waals surface area contributed by atoms with E-state index in [1.54, 1.807) is 13.8 Å². The fourth-order valence-electron chi connectivity index (χ4n) is 6.85. The van der Waals surface area contributed by atoms with Crippen molar-refractivity contribution in [3.05, 3.63) is 24.8 Å². The number of rotatable bonds is 36. The molecule has 0 spiro atoms. The van der Waals surface area contributed by atoms with Gasteiger partial charge in [0.2, 0.25) is 35.4 Å². The van der Waals surface area contributed by atoms with Crippen molar-refractivity contribution in [3.63, 3.8) is 0 Å². The quantitative estimate of drug-likeness (QED) is 0.0402. The van der Waals surface area contributed by atoms with E-state index in [4.69, 9.17) is 16.6 Å². The maximum atomic E-state index is 13.0. The standard InChI is InChI=1S/2C24H45N5O5.CH4/c2*1-7-18(14-23(32)33)27-21(30)10-11-22(31)28-20(13-15(2)3)24(34)29-19(16(4)5)9-8-12-26-17(6)25;/h2*15-16,18-20,26H,6-14,25H2,1-5H3,(H,27,30)(H,28,31)(H,29,34)(H,32,33);1H4/p-1. The number of nitrogens with one attached hydrogen (secondary N) is 8. The minimum absolute atomic E-state index is 0. The monoisotopic (exact) mass is 982 g/mol. The van der Waals surface area contributed by atoms with E-state index in [1.807, 2.05) is 55.4 Å². The summed E-state index contributed by atoms with van der Waals surface area (Å²) >= 11 is 0. The molecule has 400 valence electrons. The topological polar surface area (TPSA) is 328 Å². The maximum Gasteiger partial charge on any atom is 0.305 e. The highest BCUT2D eigenvalue weighted by Crippen LogP contribution is 2.14. The van der Waals surface area contributed by atoms with Crippen LogP contribution in [0.1, 0.15) is 167 Å². The van der Waals surface area contributed by atoms with Crippen LogP contribution in [-0.2, 0) is 38.4 Å². The molecule has 6 atom stereocenters. The molecule has 0 saturated carbocycles. The molecule has 0 radical (unpaired) electrons. The van der Waals surface area contributed by atoms with Crippen molar-refractivity contribution in [1.29, 1.82) is 0 Å². The third-order valence-electron chi connectivity index (χ3n) is 10.8. The first-order valence-corrected chi connectivity index (χ1v) is 24.3. The van der Waals surface area contributed by atoms with Crippen LogP contribution in [0, 0.1) is 23.7 Å². The van der Waals surface area contributed by atoms with Gasteiger partial charge in [-0.15, -0.1) is 0 Å². The SMILES string of the molecule is C.C=C(N)NCCCC(NC(=O)C(CC(C)C)NC(=O)CCC(=O)NC(CC)CC(=O)O)C(C)C.C=C(N)NCCCC(NC(=O)C(CC(C)C)NC(=O)CCC(=O)NC(CC)CC(=O)[O-])C(C)C. The molecule has 20 heteroatoms. The Morgan fingerprint density at radius 1 is 0.536 bits per heavy atom. The minimum Gasteiger partial charge on any atom is -0.550 e. The van der Waals surface area contributed by atoms with Crippen LogP contribution in [0.2, 0.25) is 0 Å². The lowest BCUT2D eigenvalue weighted by Crippen LogP contribution is -2.51. The number of carboxylic acid groups (broad SMARTS) is 2. The summed E-state index contributed by atoms with van der Waals surface area (Å²) in [5, 5.41) is 42.4. The highest BCUT2D eigenvalue weighted by atomic mass is 16.4. The second-order valence-electron chi connectivity index (χ2n) is 18.9. The van der Waals surface area contributed by atoms with Crippen molar-refractivity contribution in [2.45, 2.75) is 203 Å². The maximum absolute atomic E-state index is 13.0. The molecule has 0 saturated heterocycles. The zero-order valence-corrected chi connectivity index (χ0v) is 42.8. The Kier molecular flexibility index (Phi) is 37.6. The fraction of sp³-hybridized carbons (Fsp3) is 0.755. The lowest BCUT2D eigenvalue weighted by atomic mass is 9.97. The molecule has 6 unspecified atom stereocenters. The van der Waals surface area contributed by atoms with Crippen LogP contribution >= 0.6 is 0 Å². The molecule has 0 aromatic carbocycles. The van der Waals surface area contributed by atoms with E-state index in [2.05, 4.69) is 55.7 Å². The van der Waals surface area contributed by atoms with Gasteiger partial charge >= 0.3 is 5.97 Å². The summed E-state index contributed by atoms with van der Waals surface area (Å²) in [6, 6.07) is -2.54. The molecule has 0 rings (SSSR count). The molecule has 13 N–H and O–H groups in total. The molecular weight excluding hydrogens is 889 g/mol. The summed E-state index contributed by atoms with van der Waals surface area (Å²) < 4.78 is 0. The zero-order valence-electron chi connectivity index (χ0n) is 42.8. The molecule has 0 heterocycles. The molecular formula is C49H93N10O10-. The van der Waals surface area contributed by atoms with Gasteiger partial charge in [0.25, 0.3) is 0 Å². The Labute approximate surface area is 413 Å². The first-order valence-electron chi connectivity index (χ1n) is 24.3. The molecule has 69 heavy (non-hydrogen) atoms. The van der Waals surface area contributed by atoms with Gasteiger partial charge in [-0.25, -0.2) is 0 Å². The number of carbonyl (C=O) groups excluding carboxylic acids is 7. The highest BCUT2D eigenvalue weighted by molar-refractivity contribution is 5.90. The molecule has 0 aliphatic carbocycles. The number of carbonyl (C=O) groups is 8. The molecule has 0 fully saturated rings. The average Bonchev–Trinajstić information content (AvgIpc) is 3.22. The van der Waals surface area contributed by atoms with E-state index in [0.29, 0.717) is 50.4 Å². The van der Waals surface area contributed by atoms with E-state index in [-0.39, 0.29) is 99.4 Å². The third-order valence-corrected chi connectivity index (χ3v) is 10.8. The second-order valence-corrected chi connectivity index (χ2v) is 18.9. The number of nitrogens with two attached hydrogens (primary N) is 2. The third kappa shape index (κ3) is 37.1. The number of carboxylic acids is 2. The van der Waals surface area contributed by atoms with Crippen molar-refractivity contribution >= 4 is 47.4 Å². The van der Waals surface area contributed by atoms with Crippen LogP contribution < -0.4 is 59.1 Å². The van der Waals surface area contributed by atoms with Crippen molar-refractivity contribution in [1.82, 2.24) is 42.5 Å². The lowest BCUT2D eigenvalue weighted by Gasteiger charge is -2.27. The van der Waals surface area contributed by atoms with E-state index in [1.165, 1.54) is 0 Å². The van der Waals surface area contributed by atoms with Gasteiger partial charge < -0.3 is 69.0 Å². The van der Waals surface area contributed by atoms with Gasteiger partial charge in [-0.3, -0.25) is 33.6 Å². The van der Waals surface area contributed by atoms with Crippen LogP contribution in [0.25, 0.3) is 0 Å². The molecule has 0 bridgehead atoms. The molecule has 0 aliphatic heterocycles. The van der Waals surface area contributed by atoms with Gasteiger partial charge in [-0.1, -0.05) is 89.8 Å². The van der Waals surface area contributed by atoms with Gasteiger partial charge in [0.1, 0.15) is 12.1 Å². The number of hydrogen-bond donors (Lipinski definition) is 11. The first kappa shape index (κ1) is 67.7. The van der Waals surface area contributed by atoms with Crippen LogP contribution in [-0.4, -0.2) is 102 Å². The van der Waals surface area contributed by atoms with Crippen LogP contribution in [0.15, 0.2) is 24.8 Å². The van der Waals surface area contributed by atoms with Crippen molar-refractivity contribution < 1.29 is 48.6 Å². The molecule has 0 aliphatic rings. The Balaban J connectivity index is -0.00000124. The van der Waals surface area contributed by atoms with Gasteiger partial charge in [0.05, 0.1) is 18.1 Å². The number of hydrogen-bond acceptors (Lipinski definition) is 13. The molecule has 0 aromatic rings. The van der Waals surface area contributed by atoms with Crippen molar-refractivity contribution in [2.24, 2.45) is 35.1 Å². The fourth-order valence-corrected chi connectivity index (χ4v) is 6.85. The Hall–Kier alpha value is -5.56. The molecule has 6 amide bonds. The zero-order chi connectivity index (χ0) is 52.5. The van der Waals surface area contributed by atoms with Crippen molar-refractivity contribution in [2.75, 3.05) is 13.1 Å². The summed E-state index contributed by atoms with van der Waals surface area (Å²) in [6.07, 6.45) is 4.15. The number of amides is 6. The summed E-state index contributed by atoms with van der Waals surface area (Å²) in [5.41, 5.74) is 11.0. The Morgan fingerprint density at radius 2 is 0.855 bits per heavy atom. The largest absolute Gasteiger partial charge is 0.550 e. The van der Waals surface area contributed by atoms with Crippen LogP contribution in [0.5, 0.6) is 0 Å². The van der Waals surface area contributed by atoms with E-state index in [9.17, 15) is 43.5 Å². The summed E-state index contributed by atoms with van der Waals surface area (Å²) in [5.74, 6) is -2.75. The van der Waals surface area contributed by atoms with Gasteiger partial charge in [0.15, 0.2) is 0 Å². The van der Waals surface area contributed by atoms with E-state index < -0.39 is 53.8 Å². The van der Waals surface area contributed by atoms with Crippen LogP contribution in [0.3, 0.4) is 0 Å². The average molecular weight is 982 g/mol. The van der Waals surface area contributed by atoms with E-state index in [0.717, 1.165) is 25.7 Å². The second kappa shape index (κ2) is 38.3. The molecule has 20 nitrogen and oxygen atoms in total. The normalized spacial score (nSPS) is 13.4. The summed E-state index contributed by atoms with van der Waals surface area (Å²) in [4.78, 5) is 96.7.